The highest BCUT2D eigenvalue weighted by atomic mass is 32.1. The first kappa shape index (κ1) is 21.8. The summed E-state index contributed by atoms with van der Waals surface area (Å²) in [5.41, 5.74) is 2.46. The van der Waals surface area contributed by atoms with E-state index in [4.69, 9.17) is 12.2 Å². The molecule has 1 aliphatic heterocycles. The van der Waals surface area contributed by atoms with Crippen molar-refractivity contribution >= 4 is 51.3 Å². The lowest BCUT2D eigenvalue weighted by molar-refractivity contribution is -0.131. The second-order valence-corrected chi connectivity index (χ2v) is 8.15. The summed E-state index contributed by atoms with van der Waals surface area (Å²) < 4.78 is 0. The number of rotatable bonds is 4. The maximum atomic E-state index is 12.6. The lowest BCUT2D eigenvalue weighted by atomic mass is 10.1. The summed E-state index contributed by atoms with van der Waals surface area (Å²) >= 11 is 5.32. The predicted octanol–water partition coefficient (Wildman–Crippen LogP) is 4.03. The van der Waals surface area contributed by atoms with Crippen molar-refractivity contribution < 1.29 is 9.59 Å². The van der Waals surface area contributed by atoms with E-state index in [1.807, 2.05) is 72.5 Å². The van der Waals surface area contributed by atoms with Crippen LogP contribution in [-0.2, 0) is 4.79 Å². The molecule has 2 amide bonds. The van der Waals surface area contributed by atoms with E-state index in [0.717, 1.165) is 48.3 Å². The Balaban J connectivity index is 1.31. The monoisotopic (exact) mass is 446 g/mol. The van der Waals surface area contributed by atoms with Crippen LogP contribution in [0.3, 0.4) is 0 Å². The van der Waals surface area contributed by atoms with Crippen LogP contribution in [0.1, 0.15) is 23.7 Å². The third-order valence-corrected chi connectivity index (χ3v) is 5.87. The van der Waals surface area contributed by atoms with E-state index in [2.05, 4.69) is 15.5 Å². The van der Waals surface area contributed by atoms with Crippen LogP contribution >= 0.6 is 12.2 Å². The molecule has 1 fully saturated rings. The van der Waals surface area contributed by atoms with E-state index in [-0.39, 0.29) is 16.9 Å². The van der Waals surface area contributed by atoms with Crippen molar-refractivity contribution in [3.05, 3.63) is 72.3 Å². The zero-order valence-electron chi connectivity index (χ0n) is 18.0. The number of carbonyl (C=O) groups is 2. The van der Waals surface area contributed by atoms with E-state index in [9.17, 15) is 9.59 Å². The van der Waals surface area contributed by atoms with Gasteiger partial charge in [-0.3, -0.25) is 14.9 Å². The molecule has 2 N–H and O–H groups in total. The van der Waals surface area contributed by atoms with Crippen molar-refractivity contribution in [3.63, 3.8) is 0 Å². The molecule has 0 atom stereocenters. The van der Waals surface area contributed by atoms with Gasteiger partial charge >= 0.3 is 0 Å². The number of carbonyl (C=O) groups excluding carboxylic acids is 2. The van der Waals surface area contributed by atoms with Crippen molar-refractivity contribution in [3.8, 4) is 0 Å². The van der Waals surface area contributed by atoms with Gasteiger partial charge in [0.15, 0.2) is 5.11 Å². The van der Waals surface area contributed by atoms with E-state index >= 15 is 0 Å². The number of anilines is 2. The Bertz CT molecular complexity index is 1140. The largest absolute Gasteiger partial charge is 0.368 e. The summed E-state index contributed by atoms with van der Waals surface area (Å²) in [6.45, 7) is 5.03. The molecule has 0 saturated carbocycles. The second kappa shape index (κ2) is 9.78. The molecule has 4 rings (SSSR count). The molecule has 7 heteroatoms. The average Bonchev–Trinajstić information content (AvgIpc) is 2.83. The van der Waals surface area contributed by atoms with Crippen LogP contribution in [-0.4, -0.2) is 48.0 Å². The van der Waals surface area contributed by atoms with Gasteiger partial charge in [0.2, 0.25) is 5.91 Å². The number of nitrogens with zero attached hydrogens (tertiary/aromatic N) is 2. The first-order chi connectivity index (χ1) is 15.5. The van der Waals surface area contributed by atoms with Crippen molar-refractivity contribution in [1.29, 1.82) is 0 Å². The lowest BCUT2D eigenvalue weighted by Crippen LogP contribution is -2.48. The average molecular weight is 447 g/mol. The summed E-state index contributed by atoms with van der Waals surface area (Å²) in [5, 5.41) is 8.16. The number of benzene rings is 3. The lowest BCUT2D eigenvalue weighted by Gasteiger charge is -2.36. The normalized spacial score (nSPS) is 13.7. The minimum atomic E-state index is -0.246. The zero-order valence-corrected chi connectivity index (χ0v) is 18.8. The van der Waals surface area contributed by atoms with Gasteiger partial charge in [-0.25, -0.2) is 0 Å². The summed E-state index contributed by atoms with van der Waals surface area (Å²) in [4.78, 5) is 28.6. The van der Waals surface area contributed by atoms with Gasteiger partial charge in [0, 0.05) is 49.5 Å². The van der Waals surface area contributed by atoms with Gasteiger partial charge in [0.25, 0.3) is 5.91 Å². The molecule has 0 spiro atoms. The maximum absolute atomic E-state index is 12.6. The van der Waals surface area contributed by atoms with Crippen molar-refractivity contribution in [2.24, 2.45) is 0 Å². The van der Waals surface area contributed by atoms with Gasteiger partial charge in [-0.2, -0.15) is 0 Å². The number of hydrogen-bond donors (Lipinski definition) is 2. The Kier molecular flexibility index (Phi) is 6.66. The number of piperazine rings is 1. The fourth-order valence-corrected chi connectivity index (χ4v) is 4.07. The molecule has 164 valence electrons. The van der Waals surface area contributed by atoms with Gasteiger partial charge in [-0.1, -0.05) is 37.3 Å². The number of hydrogen-bond acceptors (Lipinski definition) is 4. The molecule has 0 aromatic heterocycles. The van der Waals surface area contributed by atoms with Crippen molar-refractivity contribution in [2.45, 2.75) is 13.3 Å². The number of fused-ring (bicyclic) bond motifs is 1. The fraction of sp³-hybridized carbons (Fsp3) is 0.240. The predicted molar refractivity (Wildman–Crippen MR) is 133 cm³/mol. The highest BCUT2D eigenvalue weighted by Gasteiger charge is 2.20. The van der Waals surface area contributed by atoms with E-state index in [0.29, 0.717) is 12.0 Å². The van der Waals surface area contributed by atoms with Gasteiger partial charge in [-0.05, 0) is 59.4 Å². The summed E-state index contributed by atoms with van der Waals surface area (Å²) in [5.74, 6) is -0.0344. The second-order valence-electron chi connectivity index (χ2n) is 7.74. The van der Waals surface area contributed by atoms with Crippen LogP contribution in [0.2, 0.25) is 0 Å². The molecule has 0 aliphatic carbocycles. The van der Waals surface area contributed by atoms with Crippen molar-refractivity contribution in [2.75, 3.05) is 36.4 Å². The Morgan fingerprint density at radius 2 is 1.59 bits per heavy atom. The smallest absolute Gasteiger partial charge is 0.257 e. The molecule has 1 heterocycles. The van der Waals surface area contributed by atoms with Gasteiger partial charge in [0.1, 0.15) is 0 Å². The minimum absolute atomic E-state index is 0.212. The van der Waals surface area contributed by atoms with Crippen LogP contribution < -0.4 is 15.5 Å². The zero-order chi connectivity index (χ0) is 22.5. The third kappa shape index (κ3) is 5.06. The fourth-order valence-electron chi connectivity index (χ4n) is 3.86. The Morgan fingerprint density at radius 1 is 0.906 bits per heavy atom. The maximum Gasteiger partial charge on any atom is 0.257 e. The SMILES string of the molecule is CCC(=O)N1CCN(c2ccc(NC(=S)NC(=O)c3ccc4ccccc4c3)cc2)CC1. The van der Waals surface area contributed by atoms with Gasteiger partial charge in [-0.15, -0.1) is 0 Å². The molecule has 3 aromatic rings. The molecule has 0 unspecified atom stereocenters. The number of nitrogens with one attached hydrogen (secondary N) is 2. The summed E-state index contributed by atoms with van der Waals surface area (Å²) in [7, 11) is 0. The Hall–Kier alpha value is -3.45. The van der Waals surface area contributed by atoms with Crippen molar-refractivity contribution in [1.82, 2.24) is 10.2 Å². The molecule has 32 heavy (non-hydrogen) atoms. The topological polar surface area (TPSA) is 64.7 Å². The van der Waals surface area contributed by atoms with Crippen LogP contribution in [0.4, 0.5) is 11.4 Å². The van der Waals surface area contributed by atoms with E-state index in [1.165, 1.54) is 0 Å². The molecule has 1 saturated heterocycles. The third-order valence-electron chi connectivity index (χ3n) is 5.66. The molecule has 3 aromatic carbocycles. The van der Waals surface area contributed by atoms with Crippen LogP contribution in [0.5, 0.6) is 0 Å². The summed E-state index contributed by atoms with van der Waals surface area (Å²) in [6, 6.07) is 21.4. The standard InChI is InChI=1S/C25H26N4O2S/c1-2-23(30)29-15-13-28(14-16-29)22-11-9-21(10-12-22)26-25(32)27-24(31)20-8-7-18-5-3-4-6-19(18)17-20/h3-12,17H,2,13-16H2,1H3,(H2,26,27,31,32). The van der Waals surface area contributed by atoms with E-state index < -0.39 is 0 Å². The first-order valence-electron chi connectivity index (χ1n) is 10.8. The van der Waals surface area contributed by atoms with Gasteiger partial charge < -0.3 is 15.1 Å². The Morgan fingerprint density at radius 3 is 2.28 bits per heavy atom. The molecule has 1 aliphatic rings. The molecular formula is C25H26N4O2S. The quantitative estimate of drug-likeness (QED) is 0.593. The first-order valence-corrected chi connectivity index (χ1v) is 11.2. The minimum Gasteiger partial charge on any atom is -0.368 e. The van der Waals surface area contributed by atoms with Crippen LogP contribution in [0, 0.1) is 0 Å². The molecule has 0 bridgehead atoms. The highest BCUT2D eigenvalue weighted by molar-refractivity contribution is 7.80. The molecule has 0 radical (unpaired) electrons. The highest BCUT2D eigenvalue weighted by Crippen LogP contribution is 2.20. The van der Waals surface area contributed by atoms with E-state index in [1.54, 1.807) is 6.07 Å². The Labute approximate surface area is 193 Å². The van der Waals surface area contributed by atoms with Crippen LogP contribution in [0.25, 0.3) is 10.8 Å². The molecular weight excluding hydrogens is 420 g/mol. The molecule has 6 nitrogen and oxygen atoms in total. The van der Waals surface area contributed by atoms with Crippen LogP contribution in [0.15, 0.2) is 66.7 Å². The van der Waals surface area contributed by atoms with Gasteiger partial charge in [0.05, 0.1) is 0 Å². The number of thiocarbonyl (C=S) groups is 1. The number of amides is 2. The summed E-state index contributed by atoms with van der Waals surface area (Å²) in [6.07, 6.45) is 0.553.